The maximum absolute atomic E-state index is 13.6. The number of ether oxygens (including phenoxy) is 1. The van der Waals surface area contributed by atoms with Gasteiger partial charge in [-0.1, -0.05) is 54.1 Å². The number of carbonyl (C=O) groups is 2. The number of likely N-dealkylation sites (N-methyl/N-ethyl adjacent to an activating group) is 1. The molecule has 0 unspecified atom stereocenters. The molecule has 0 saturated heterocycles. The number of amides is 2. The molecule has 4 rings (SSSR count). The highest BCUT2D eigenvalue weighted by molar-refractivity contribution is 7.92. The number of halogens is 2. The average molecular weight is 624 g/mol. The normalized spacial score (nSPS) is 11.8. The van der Waals surface area contributed by atoms with E-state index in [0.29, 0.717) is 18.0 Å². The number of nitrogens with one attached hydrogen (secondary N) is 2. The first-order valence-electron chi connectivity index (χ1n) is 13.5. The Hall–Kier alpha value is -4.41. The zero-order valence-corrected chi connectivity index (χ0v) is 24.9. The maximum atomic E-state index is 13.6. The fraction of sp³-hybridized carbons (Fsp3) is 0.188. The molecular weight excluding hydrogens is 593 g/mol. The maximum Gasteiger partial charge on any atom is 0.261 e. The van der Waals surface area contributed by atoms with Gasteiger partial charge < -0.3 is 15.0 Å². The van der Waals surface area contributed by atoms with E-state index in [9.17, 15) is 22.4 Å². The summed E-state index contributed by atoms with van der Waals surface area (Å²) < 4.78 is 46.8. The quantitative estimate of drug-likeness (QED) is 0.207. The summed E-state index contributed by atoms with van der Waals surface area (Å²) in [5, 5.41) is 3.38. The molecule has 0 fully saturated rings. The number of nitrogens with zero attached hydrogens (tertiary/aromatic N) is 1. The van der Waals surface area contributed by atoms with Crippen molar-refractivity contribution < 1.29 is 27.1 Å². The molecule has 0 radical (unpaired) electrons. The van der Waals surface area contributed by atoms with E-state index in [4.69, 9.17) is 16.3 Å². The first-order valence-corrected chi connectivity index (χ1v) is 15.4. The lowest BCUT2D eigenvalue weighted by molar-refractivity contribution is -0.142. The van der Waals surface area contributed by atoms with Gasteiger partial charge in [0, 0.05) is 30.2 Å². The fourth-order valence-electron chi connectivity index (χ4n) is 4.31. The molecule has 1 atom stereocenters. The van der Waals surface area contributed by atoms with Gasteiger partial charge in [0.25, 0.3) is 15.9 Å². The highest BCUT2D eigenvalue weighted by atomic mass is 35.5. The molecule has 0 spiro atoms. The van der Waals surface area contributed by atoms with Gasteiger partial charge in [0.15, 0.2) is 6.61 Å². The minimum Gasteiger partial charge on any atom is -0.484 e. The Morgan fingerprint density at radius 2 is 1.53 bits per heavy atom. The van der Waals surface area contributed by atoms with Crippen LogP contribution in [0.3, 0.4) is 0 Å². The van der Waals surface area contributed by atoms with Gasteiger partial charge in [-0.25, -0.2) is 12.8 Å². The number of rotatable bonds is 13. The fourth-order valence-corrected chi connectivity index (χ4v) is 5.49. The van der Waals surface area contributed by atoms with Crippen molar-refractivity contribution in [3.63, 3.8) is 0 Å². The summed E-state index contributed by atoms with van der Waals surface area (Å²) in [5.74, 6) is -0.949. The zero-order valence-electron chi connectivity index (χ0n) is 23.4. The Balaban J connectivity index is 1.51. The van der Waals surface area contributed by atoms with Crippen LogP contribution < -0.4 is 14.8 Å². The van der Waals surface area contributed by atoms with Crippen molar-refractivity contribution in [1.82, 2.24) is 10.2 Å². The number of anilines is 1. The van der Waals surface area contributed by atoms with Crippen LogP contribution >= 0.6 is 11.6 Å². The summed E-state index contributed by atoms with van der Waals surface area (Å²) in [4.78, 5) is 28.3. The highest BCUT2D eigenvalue weighted by Gasteiger charge is 2.30. The molecule has 2 amide bonds. The van der Waals surface area contributed by atoms with E-state index in [1.807, 2.05) is 37.3 Å². The van der Waals surface area contributed by atoms with Crippen LogP contribution in [0.15, 0.2) is 108 Å². The standard InChI is InChI=1S/C32H31ClFN3O5S/c1-2-35-32(39)30(20-23-6-4-3-5-7-23)37(21-24-8-10-25(33)11-9-24)31(38)22-42-28-16-18-29(19-17-28)43(40,41)36-27-14-12-26(34)13-15-27/h3-19,30,36H,2,20-22H2,1H3,(H,35,39)/t30-/m1/s1. The summed E-state index contributed by atoms with van der Waals surface area (Å²) in [7, 11) is -3.94. The Kier molecular flexibility index (Phi) is 10.7. The first-order chi connectivity index (χ1) is 20.6. The van der Waals surface area contributed by atoms with Crippen LogP contribution in [0, 0.1) is 5.82 Å². The van der Waals surface area contributed by atoms with Gasteiger partial charge in [0.05, 0.1) is 4.90 Å². The Morgan fingerprint density at radius 3 is 2.16 bits per heavy atom. The van der Waals surface area contributed by atoms with Crippen LogP contribution in [0.25, 0.3) is 0 Å². The number of sulfonamides is 1. The second-order valence-corrected chi connectivity index (χ2v) is 11.7. The van der Waals surface area contributed by atoms with Crippen LogP contribution in [-0.2, 0) is 32.6 Å². The molecule has 0 aliphatic carbocycles. The lowest BCUT2D eigenvalue weighted by atomic mass is 10.0. The summed E-state index contributed by atoms with van der Waals surface area (Å²) >= 11 is 6.06. The lowest BCUT2D eigenvalue weighted by Crippen LogP contribution is -2.51. The van der Waals surface area contributed by atoms with E-state index in [2.05, 4.69) is 10.0 Å². The van der Waals surface area contributed by atoms with Gasteiger partial charge >= 0.3 is 0 Å². The van der Waals surface area contributed by atoms with Crippen LogP contribution in [0.5, 0.6) is 5.75 Å². The highest BCUT2D eigenvalue weighted by Crippen LogP contribution is 2.21. The van der Waals surface area contributed by atoms with E-state index in [-0.39, 0.29) is 28.8 Å². The topological polar surface area (TPSA) is 105 Å². The van der Waals surface area contributed by atoms with Gasteiger partial charge in [0.1, 0.15) is 17.6 Å². The first kappa shape index (κ1) is 31.5. The molecule has 224 valence electrons. The van der Waals surface area contributed by atoms with Gasteiger partial charge in [-0.3, -0.25) is 14.3 Å². The number of hydrogen-bond donors (Lipinski definition) is 2. The van der Waals surface area contributed by atoms with Crippen LogP contribution in [0.1, 0.15) is 18.1 Å². The van der Waals surface area contributed by atoms with E-state index < -0.39 is 34.4 Å². The Bertz CT molecular complexity index is 1620. The second kappa shape index (κ2) is 14.7. The van der Waals surface area contributed by atoms with Crippen molar-refractivity contribution in [2.45, 2.75) is 30.8 Å². The lowest BCUT2D eigenvalue weighted by Gasteiger charge is -2.31. The smallest absolute Gasteiger partial charge is 0.261 e. The molecule has 2 N–H and O–H groups in total. The molecule has 43 heavy (non-hydrogen) atoms. The molecule has 4 aromatic carbocycles. The molecule has 4 aromatic rings. The van der Waals surface area contributed by atoms with Gasteiger partial charge in [-0.05, 0) is 78.7 Å². The van der Waals surface area contributed by atoms with Gasteiger partial charge in [0.2, 0.25) is 5.91 Å². The summed E-state index contributed by atoms with van der Waals surface area (Å²) in [6.45, 7) is 1.96. The molecule has 0 saturated carbocycles. The van der Waals surface area contributed by atoms with E-state index >= 15 is 0 Å². The van der Waals surface area contributed by atoms with E-state index in [1.165, 1.54) is 41.3 Å². The second-order valence-electron chi connectivity index (χ2n) is 9.62. The Labute approximate surface area is 255 Å². The average Bonchev–Trinajstić information content (AvgIpc) is 3.00. The SMILES string of the molecule is CCNC(=O)[C@@H](Cc1ccccc1)N(Cc1ccc(Cl)cc1)C(=O)COc1ccc(S(=O)(=O)Nc2ccc(F)cc2)cc1. The van der Waals surface area contributed by atoms with E-state index in [1.54, 1.807) is 24.3 Å². The minimum absolute atomic E-state index is 0.0426. The van der Waals surface area contributed by atoms with Gasteiger partial charge in [-0.2, -0.15) is 0 Å². The van der Waals surface area contributed by atoms with Crippen molar-refractivity contribution in [2.75, 3.05) is 17.9 Å². The zero-order chi connectivity index (χ0) is 30.8. The van der Waals surface area contributed by atoms with Crippen LogP contribution in [0.4, 0.5) is 10.1 Å². The molecule has 0 aliphatic rings. The molecule has 0 bridgehead atoms. The number of hydrogen-bond acceptors (Lipinski definition) is 5. The molecule has 11 heteroatoms. The van der Waals surface area contributed by atoms with E-state index in [0.717, 1.165) is 23.3 Å². The predicted octanol–water partition coefficient (Wildman–Crippen LogP) is 5.43. The molecule has 0 aromatic heterocycles. The predicted molar refractivity (Wildman–Crippen MR) is 164 cm³/mol. The summed E-state index contributed by atoms with van der Waals surface area (Å²) in [6, 6.07) is 26.1. The van der Waals surface area contributed by atoms with Crippen LogP contribution in [-0.4, -0.2) is 44.3 Å². The molecule has 8 nitrogen and oxygen atoms in total. The van der Waals surface area contributed by atoms with Crippen molar-refractivity contribution in [3.8, 4) is 5.75 Å². The number of benzene rings is 4. The third-order valence-corrected chi connectivity index (χ3v) is 8.13. The van der Waals surface area contributed by atoms with Gasteiger partial charge in [-0.15, -0.1) is 0 Å². The minimum atomic E-state index is -3.94. The molecular formula is C32H31ClFN3O5S. The summed E-state index contributed by atoms with van der Waals surface area (Å²) in [6.07, 6.45) is 0.291. The van der Waals surface area contributed by atoms with Crippen molar-refractivity contribution in [2.24, 2.45) is 0 Å². The molecule has 0 heterocycles. The van der Waals surface area contributed by atoms with Crippen molar-refractivity contribution in [1.29, 1.82) is 0 Å². The molecule has 0 aliphatic heterocycles. The monoisotopic (exact) mass is 623 g/mol. The van der Waals surface area contributed by atoms with Crippen molar-refractivity contribution >= 4 is 39.1 Å². The van der Waals surface area contributed by atoms with Crippen LogP contribution in [0.2, 0.25) is 5.02 Å². The summed E-state index contributed by atoms with van der Waals surface area (Å²) in [5.41, 5.74) is 1.88. The number of carbonyl (C=O) groups excluding carboxylic acids is 2. The third kappa shape index (κ3) is 9.04. The van der Waals surface area contributed by atoms with Crippen molar-refractivity contribution in [3.05, 3.63) is 125 Å². The largest absolute Gasteiger partial charge is 0.484 e. The Morgan fingerprint density at radius 1 is 0.884 bits per heavy atom. The third-order valence-electron chi connectivity index (χ3n) is 6.48.